The van der Waals surface area contributed by atoms with Gasteiger partial charge in [0, 0.05) is 24.4 Å². The number of amides is 1. The average molecular weight is 347 g/mol. The monoisotopic (exact) mass is 347 g/mol. The normalized spacial score (nSPS) is 18.4. The van der Waals surface area contributed by atoms with Gasteiger partial charge >= 0.3 is 0 Å². The second-order valence-electron chi connectivity index (χ2n) is 6.80. The fourth-order valence-electron chi connectivity index (χ4n) is 3.20. The minimum atomic E-state index is 0.162. The van der Waals surface area contributed by atoms with E-state index in [2.05, 4.69) is 28.9 Å². The van der Waals surface area contributed by atoms with Crippen molar-refractivity contribution < 1.29 is 4.79 Å². The van der Waals surface area contributed by atoms with Crippen LogP contribution in [-0.2, 0) is 11.2 Å². The Bertz CT molecular complexity index is 720. The van der Waals surface area contributed by atoms with Crippen LogP contribution < -0.4 is 0 Å². The maximum Gasteiger partial charge on any atom is 0.228 e. The summed E-state index contributed by atoms with van der Waals surface area (Å²) in [7, 11) is 0. The molecule has 0 bridgehead atoms. The summed E-state index contributed by atoms with van der Waals surface area (Å²) in [6.07, 6.45) is 2.44. The van der Waals surface area contributed by atoms with Crippen molar-refractivity contribution in [1.29, 1.82) is 0 Å². The van der Waals surface area contributed by atoms with Crippen LogP contribution in [0.25, 0.3) is 0 Å². The second kappa shape index (κ2) is 7.01. The van der Waals surface area contributed by atoms with E-state index in [1.807, 2.05) is 28.8 Å². The van der Waals surface area contributed by atoms with Gasteiger partial charge in [0.2, 0.25) is 5.91 Å². The molecule has 2 aromatic heterocycles. The first-order chi connectivity index (χ1) is 11.4. The molecule has 130 valence electrons. The lowest BCUT2D eigenvalue weighted by molar-refractivity contribution is -0.132. The molecule has 7 heteroatoms. The van der Waals surface area contributed by atoms with Crippen molar-refractivity contribution in [2.45, 2.75) is 58.9 Å². The number of hydrogen-bond donors (Lipinski definition) is 0. The van der Waals surface area contributed by atoms with Crippen LogP contribution in [0.1, 0.15) is 61.0 Å². The predicted octanol–water partition coefficient (Wildman–Crippen LogP) is 2.88. The summed E-state index contributed by atoms with van der Waals surface area (Å²) in [5.41, 5.74) is 0.892. The largest absolute Gasteiger partial charge is 0.340 e. The fraction of sp³-hybridized carbons (Fsp3) is 0.647. The zero-order chi connectivity index (χ0) is 17.3. The molecule has 3 heterocycles. The first kappa shape index (κ1) is 17.1. The topological polar surface area (TPSA) is 63.9 Å². The van der Waals surface area contributed by atoms with Crippen molar-refractivity contribution in [2.24, 2.45) is 0 Å². The minimum absolute atomic E-state index is 0.162. The van der Waals surface area contributed by atoms with Crippen LogP contribution in [-0.4, -0.2) is 43.6 Å². The van der Waals surface area contributed by atoms with Crippen LogP contribution >= 0.6 is 11.3 Å². The molecular weight excluding hydrogens is 322 g/mol. The van der Waals surface area contributed by atoms with Crippen LogP contribution in [0.4, 0.5) is 0 Å². The molecule has 6 nitrogen and oxygen atoms in total. The Morgan fingerprint density at radius 3 is 2.79 bits per heavy atom. The highest BCUT2D eigenvalue weighted by atomic mass is 32.1. The van der Waals surface area contributed by atoms with Gasteiger partial charge in [-0.05, 0) is 26.7 Å². The lowest BCUT2D eigenvalue weighted by Gasteiger charge is -2.33. The zero-order valence-corrected chi connectivity index (χ0v) is 15.6. The molecule has 1 fully saturated rings. The van der Waals surface area contributed by atoms with Crippen LogP contribution in [0.5, 0.6) is 0 Å². The molecule has 0 aliphatic carbocycles. The summed E-state index contributed by atoms with van der Waals surface area (Å²) in [6, 6.07) is 0.227. The van der Waals surface area contributed by atoms with Crippen LogP contribution in [0.3, 0.4) is 0 Å². The van der Waals surface area contributed by atoms with E-state index >= 15 is 0 Å². The Morgan fingerprint density at radius 2 is 2.17 bits per heavy atom. The summed E-state index contributed by atoms with van der Waals surface area (Å²) in [5, 5.41) is 7.60. The number of hydrogen-bond acceptors (Lipinski definition) is 5. The number of thiazole rings is 1. The van der Waals surface area contributed by atoms with E-state index < -0.39 is 0 Å². The van der Waals surface area contributed by atoms with Crippen LogP contribution in [0.2, 0.25) is 0 Å². The van der Waals surface area contributed by atoms with E-state index in [9.17, 15) is 4.79 Å². The van der Waals surface area contributed by atoms with E-state index in [1.54, 1.807) is 11.3 Å². The minimum Gasteiger partial charge on any atom is -0.340 e. The Kier molecular flexibility index (Phi) is 4.99. The van der Waals surface area contributed by atoms with Crippen molar-refractivity contribution in [3.63, 3.8) is 0 Å². The number of rotatable bonds is 4. The molecule has 0 spiro atoms. The van der Waals surface area contributed by atoms with Gasteiger partial charge in [-0.2, -0.15) is 5.10 Å². The summed E-state index contributed by atoms with van der Waals surface area (Å²) < 4.78 is 1.98. The van der Waals surface area contributed by atoms with Gasteiger partial charge in [-0.3, -0.25) is 4.79 Å². The SMILES string of the molecule is Cc1nc(C)n([C@H]2CCCN(C(=O)Cc3csc(C(C)C)n3)C2)n1. The van der Waals surface area contributed by atoms with Crippen molar-refractivity contribution in [3.8, 4) is 0 Å². The molecule has 1 aliphatic heterocycles. The number of aromatic nitrogens is 4. The van der Waals surface area contributed by atoms with Gasteiger partial charge < -0.3 is 4.90 Å². The smallest absolute Gasteiger partial charge is 0.228 e. The van der Waals surface area contributed by atoms with Crippen LogP contribution in [0, 0.1) is 13.8 Å². The maximum absolute atomic E-state index is 12.7. The van der Waals surface area contributed by atoms with Crippen molar-refractivity contribution >= 4 is 17.2 Å². The summed E-state index contributed by atoms with van der Waals surface area (Å²) >= 11 is 1.64. The summed E-state index contributed by atoms with van der Waals surface area (Å²) in [5.74, 6) is 2.29. The van der Waals surface area contributed by atoms with Crippen molar-refractivity contribution in [3.05, 3.63) is 27.7 Å². The molecule has 0 unspecified atom stereocenters. The van der Waals surface area contributed by atoms with E-state index in [0.717, 1.165) is 41.7 Å². The second-order valence-corrected chi connectivity index (χ2v) is 7.68. The molecule has 1 amide bonds. The Labute approximate surface area is 146 Å². The third-order valence-corrected chi connectivity index (χ3v) is 5.59. The molecule has 1 aliphatic rings. The molecule has 0 N–H and O–H groups in total. The van der Waals surface area contributed by atoms with Crippen LogP contribution in [0.15, 0.2) is 5.38 Å². The number of carbonyl (C=O) groups excluding carboxylic acids is 1. The highest BCUT2D eigenvalue weighted by Gasteiger charge is 2.27. The van der Waals surface area contributed by atoms with E-state index in [1.165, 1.54) is 0 Å². The molecule has 2 aromatic rings. The Balaban J connectivity index is 1.65. The fourth-order valence-corrected chi connectivity index (χ4v) is 4.03. The lowest BCUT2D eigenvalue weighted by atomic mass is 10.1. The number of aryl methyl sites for hydroxylation is 2. The third kappa shape index (κ3) is 3.66. The molecule has 1 saturated heterocycles. The molecule has 24 heavy (non-hydrogen) atoms. The summed E-state index contributed by atoms with van der Waals surface area (Å²) in [6.45, 7) is 9.67. The molecule has 0 radical (unpaired) electrons. The zero-order valence-electron chi connectivity index (χ0n) is 14.8. The molecule has 3 rings (SSSR count). The summed E-state index contributed by atoms with van der Waals surface area (Å²) in [4.78, 5) is 23.6. The Hall–Kier alpha value is -1.76. The van der Waals surface area contributed by atoms with Gasteiger partial charge in [0.15, 0.2) is 0 Å². The standard InChI is InChI=1S/C17H25N5OS/c1-11(2)17-19-14(10-24-17)8-16(23)21-7-5-6-15(9-21)22-13(4)18-12(3)20-22/h10-11,15H,5-9H2,1-4H3/t15-/m0/s1. The van der Waals surface area contributed by atoms with E-state index in [-0.39, 0.29) is 11.9 Å². The number of carbonyl (C=O) groups is 1. The quantitative estimate of drug-likeness (QED) is 0.853. The first-order valence-corrected chi connectivity index (χ1v) is 9.44. The van der Waals surface area contributed by atoms with Gasteiger partial charge in [0.1, 0.15) is 11.6 Å². The van der Waals surface area contributed by atoms with Crippen molar-refractivity contribution in [1.82, 2.24) is 24.6 Å². The molecular formula is C17H25N5OS. The van der Waals surface area contributed by atoms with Gasteiger partial charge in [0.05, 0.1) is 23.2 Å². The highest BCUT2D eigenvalue weighted by Crippen LogP contribution is 2.24. The number of nitrogens with zero attached hydrogens (tertiary/aromatic N) is 5. The Morgan fingerprint density at radius 1 is 1.38 bits per heavy atom. The first-order valence-electron chi connectivity index (χ1n) is 8.56. The van der Waals surface area contributed by atoms with Crippen molar-refractivity contribution in [2.75, 3.05) is 13.1 Å². The van der Waals surface area contributed by atoms with E-state index in [4.69, 9.17) is 0 Å². The lowest BCUT2D eigenvalue weighted by Crippen LogP contribution is -2.42. The van der Waals surface area contributed by atoms with Gasteiger partial charge in [-0.15, -0.1) is 11.3 Å². The molecule has 1 atom stereocenters. The van der Waals surface area contributed by atoms with E-state index in [0.29, 0.717) is 18.9 Å². The number of piperidine rings is 1. The van der Waals surface area contributed by atoms with Gasteiger partial charge in [-0.25, -0.2) is 14.6 Å². The van der Waals surface area contributed by atoms with Gasteiger partial charge in [0.25, 0.3) is 0 Å². The number of likely N-dealkylation sites (tertiary alicyclic amines) is 1. The predicted molar refractivity (Wildman–Crippen MR) is 94.3 cm³/mol. The van der Waals surface area contributed by atoms with Gasteiger partial charge in [-0.1, -0.05) is 13.8 Å². The molecule has 0 saturated carbocycles. The average Bonchev–Trinajstić information content (AvgIpc) is 3.14. The highest BCUT2D eigenvalue weighted by molar-refractivity contribution is 7.09. The third-order valence-electron chi connectivity index (χ3n) is 4.40. The maximum atomic E-state index is 12.7. The molecule has 0 aromatic carbocycles.